The van der Waals surface area contributed by atoms with Gasteiger partial charge in [-0.05, 0) is 24.5 Å². The number of halogens is 3. The van der Waals surface area contributed by atoms with Crippen molar-refractivity contribution < 1.29 is 22.9 Å². The van der Waals surface area contributed by atoms with E-state index in [2.05, 4.69) is 0 Å². The van der Waals surface area contributed by atoms with Gasteiger partial charge >= 0.3 is 6.18 Å². The average Bonchev–Trinajstić information content (AvgIpc) is 2.45. The lowest BCUT2D eigenvalue weighted by molar-refractivity contribution is -0.484. The molecule has 0 aliphatic heterocycles. The first-order valence-electron chi connectivity index (χ1n) is 7.10. The molecule has 1 aromatic carbocycles. The third-order valence-electron chi connectivity index (χ3n) is 4.08. The van der Waals surface area contributed by atoms with Crippen molar-refractivity contribution in [2.75, 3.05) is 6.54 Å². The topological polar surface area (TPSA) is 60.2 Å². The molecule has 7 heteroatoms. The molecule has 0 spiro atoms. The summed E-state index contributed by atoms with van der Waals surface area (Å²) in [6, 6.07) is 4.52. The van der Waals surface area contributed by atoms with Crippen LogP contribution in [0.25, 0.3) is 0 Å². The summed E-state index contributed by atoms with van der Waals surface area (Å²) in [5, 5.41) is 10.9. The Morgan fingerprint density at radius 3 is 2.64 bits per heavy atom. The van der Waals surface area contributed by atoms with Crippen LogP contribution in [0.3, 0.4) is 0 Å². The van der Waals surface area contributed by atoms with Crippen molar-refractivity contribution in [3.8, 4) is 0 Å². The van der Waals surface area contributed by atoms with Crippen molar-refractivity contribution in [2.24, 2.45) is 5.92 Å². The van der Waals surface area contributed by atoms with Crippen LogP contribution < -0.4 is 0 Å². The molecule has 1 aliphatic carbocycles. The van der Waals surface area contributed by atoms with Gasteiger partial charge in [0.15, 0.2) is 0 Å². The van der Waals surface area contributed by atoms with Crippen LogP contribution in [0.15, 0.2) is 24.3 Å². The Hall–Kier alpha value is -1.92. The SMILES string of the molecule is O=C1CCCC[C@H]1[C@H](C[N+](=O)[O-])c1cccc(C(F)(F)F)c1. The number of carbonyl (C=O) groups excluding carboxylic acids is 1. The number of benzene rings is 1. The molecule has 22 heavy (non-hydrogen) atoms. The molecule has 0 unspecified atom stereocenters. The predicted molar refractivity (Wildman–Crippen MR) is 73.0 cm³/mol. The number of nitrogens with zero attached hydrogens (tertiary/aromatic N) is 1. The molecule has 4 nitrogen and oxygen atoms in total. The zero-order valence-electron chi connectivity index (χ0n) is 11.8. The van der Waals surface area contributed by atoms with E-state index in [4.69, 9.17) is 0 Å². The molecule has 1 saturated carbocycles. The van der Waals surface area contributed by atoms with Gasteiger partial charge in [-0.25, -0.2) is 0 Å². The quantitative estimate of drug-likeness (QED) is 0.627. The fourth-order valence-electron chi connectivity index (χ4n) is 3.01. The summed E-state index contributed by atoms with van der Waals surface area (Å²) in [6.45, 7) is -0.530. The highest BCUT2D eigenvalue weighted by Gasteiger charge is 2.36. The standard InChI is InChI=1S/C15H16F3NO3/c16-15(17,18)11-5-3-4-10(8-11)13(9-19(21)22)12-6-1-2-7-14(12)20/h3-5,8,12-13H,1-2,6-7,9H2/t12-,13+/m0/s1. The summed E-state index contributed by atoms with van der Waals surface area (Å²) in [5.74, 6) is -1.46. The highest BCUT2D eigenvalue weighted by atomic mass is 19.4. The molecule has 2 rings (SSSR count). The zero-order chi connectivity index (χ0) is 16.3. The number of rotatable bonds is 4. The number of carbonyl (C=O) groups is 1. The van der Waals surface area contributed by atoms with Crippen LogP contribution in [0.4, 0.5) is 13.2 Å². The first kappa shape index (κ1) is 16.5. The minimum Gasteiger partial charge on any atom is -0.299 e. The number of alkyl halides is 3. The third kappa shape index (κ3) is 3.84. The zero-order valence-corrected chi connectivity index (χ0v) is 11.8. The number of Topliss-reactive ketones (excluding diaryl/α,β-unsaturated/α-hetero) is 1. The molecule has 0 heterocycles. The normalized spacial score (nSPS) is 20.7. The van der Waals surface area contributed by atoms with Crippen LogP contribution in [0.1, 0.15) is 42.7 Å². The summed E-state index contributed by atoms with van der Waals surface area (Å²) in [4.78, 5) is 22.4. The lowest BCUT2D eigenvalue weighted by atomic mass is 9.75. The van der Waals surface area contributed by atoms with E-state index in [0.717, 1.165) is 25.0 Å². The predicted octanol–water partition coefficient (Wildman–Crippen LogP) is 3.83. The molecule has 0 radical (unpaired) electrons. The smallest absolute Gasteiger partial charge is 0.299 e. The van der Waals surface area contributed by atoms with Crippen LogP contribution in [0, 0.1) is 16.0 Å². The van der Waals surface area contributed by atoms with Crippen LogP contribution >= 0.6 is 0 Å². The summed E-state index contributed by atoms with van der Waals surface area (Å²) in [6.07, 6.45) is -2.16. The van der Waals surface area contributed by atoms with Gasteiger partial charge in [0.25, 0.3) is 0 Å². The van der Waals surface area contributed by atoms with Crippen molar-refractivity contribution in [1.82, 2.24) is 0 Å². The largest absolute Gasteiger partial charge is 0.416 e. The van der Waals surface area contributed by atoms with Gasteiger partial charge in [-0.2, -0.15) is 13.2 Å². The van der Waals surface area contributed by atoms with E-state index in [1.165, 1.54) is 12.1 Å². The van der Waals surface area contributed by atoms with Gasteiger partial charge in [-0.15, -0.1) is 0 Å². The summed E-state index contributed by atoms with van der Waals surface area (Å²) < 4.78 is 38.4. The molecule has 120 valence electrons. The number of nitro groups is 1. The Labute approximate surface area is 125 Å². The molecule has 0 N–H and O–H groups in total. The van der Waals surface area contributed by atoms with E-state index in [1.807, 2.05) is 0 Å². The Morgan fingerprint density at radius 1 is 1.32 bits per heavy atom. The molecule has 2 atom stereocenters. The molecular formula is C15H16F3NO3. The Balaban J connectivity index is 2.36. The van der Waals surface area contributed by atoms with Crippen molar-refractivity contribution in [1.29, 1.82) is 0 Å². The lowest BCUT2D eigenvalue weighted by Crippen LogP contribution is -2.30. The van der Waals surface area contributed by atoms with E-state index in [-0.39, 0.29) is 11.3 Å². The first-order valence-corrected chi connectivity index (χ1v) is 7.10. The second-order valence-corrected chi connectivity index (χ2v) is 5.56. The van der Waals surface area contributed by atoms with Gasteiger partial charge in [0.1, 0.15) is 5.78 Å². The number of hydrogen-bond donors (Lipinski definition) is 0. The van der Waals surface area contributed by atoms with Gasteiger partial charge in [0.2, 0.25) is 6.54 Å². The van der Waals surface area contributed by atoms with Crippen LogP contribution in [0.2, 0.25) is 0 Å². The molecule has 1 aromatic rings. The first-order chi connectivity index (χ1) is 10.3. The minimum absolute atomic E-state index is 0.0875. The highest BCUT2D eigenvalue weighted by Crippen LogP contribution is 2.37. The van der Waals surface area contributed by atoms with E-state index < -0.39 is 35.0 Å². The maximum Gasteiger partial charge on any atom is 0.416 e. The van der Waals surface area contributed by atoms with Gasteiger partial charge in [-0.3, -0.25) is 14.9 Å². The van der Waals surface area contributed by atoms with E-state index in [1.54, 1.807) is 0 Å². The average molecular weight is 315 g/mol. The maximum absolute atomic E-state index is 12.8. The minimum atomic E-state index is -4.51. The molecular weight excluding hydrogens is 299 g/mol. The molecule has 1 aliphatic rings. The van der Waals surface area contributed by atoms with E-state index >= 15 is 0 Å². The monoisotopic (exact) mass is 315 g/mol. The van der Waals surface area contributed by atoms with Crippen molar-refractivity contribution in [3.63, 3.8) is 0 Å². The highest BCUT2D eigenvalue weighted by molar-refractivity contribution is 5.82. The second-order valence-electron chi connectivity index (χ2n) is 5.56. The van der Waals surface area contributed by atoms with Gasteiger partial charge < -0.3 is 0 Å². The second kappa shape index (κ2) is 6.46. The van der Waals surface area contributed by atoms with Crippen LogP contribution in [-0.2, 0) is 11.0 Å². The third-order valence-corrected chi connectivity index (χ3v) is 4.08. The Bertz CT molecular complexity index is 571. The lowest BCUT2D eigenvalue weighted by Gasteiger charge is -2.27. The van der Waals surface area contributed by atoms with Crippen LogP contribution in [0.5, 0.6) is 0 Å². The molecule has 0 aromatic heterocycles. The molecule has 0 bridgehead atoms. The number of ketones is 1. The molecule has 0 amide bonds. The van der Waals surface area contributed by atoms with Gasteiger partial charge in [0.05, 0.1) is 11.5 Å². The Morgan fingerprint density at radius 2 is 2.05 bits per heavy atom. The number of hydrogen-bond acceptors (Lipinski definition) is 3. The van der Waals surface area contributed by atoms with Crippen molar-refractivity contribution >= 4 is 5.78 Å². The van der Waals surface area contributed by atoms with Crippen molar-refractivity contribution in [3.05, 3.63) is 45.5 Å². The summed E-state index contributed by atoms with van der Waals surface area (Å²) >= 11 is 0. The van der Waals surface area contributed by atoms with Gasteiger partial charge in [-0.1, -0.05) is 24.6 Å². The fourth-order valence-corrected chi connectivity index (χ4v) is 3.01. The van der Waals surface area contributed by atoms with Crippen LogP contribution in [-0.4, -0.2) is 17.3 Å². The molecule has 0 saturated heterocycles. The van der Waals surface area contributed by atoms with Gasteiger partial charge in [0, 0.05) is 17.3 Å². The maximum atomic E-state index is 12.8. The molecule has 1 fully saturated rings. The fraction of sp³-hybridized carbons (Fsp3) is 0.533. The summed E-state index contributed by atoms with van der Waals surface area (Å²) in [7, 11) is 0. The van der Waals surface area contributed by atoms with E-state index in [0.29, 0.717) is 12.8 Å². The summed E-state index contributed by atoms with van der Waals surface area (Å²) in [5.41, 5.74) is -0.631. The Kier molecular flexibility index (Phi) is 4.83. The van der Waals surface area contributed by atoms with E-state index in [9.17, 15) is 28.1 Å². The van der Waals surface area contributed by atoms with Crippen molar-refractivity contribution in [2.45, 2.75) is 37.8 Å².